The number of hydrogen-bond acceptors (Lipinski definition) is 2. The van der Waals surface area contributed by atoms with E-state index in [1.165, 1.54) is 6.07 Å². The zero-order valence-corrected chi connectivity index (χ0v) is 20.6. The number of halogens is 2. The zero-order chi connectivity index (χ0) is 24.2. The second-order valence-electron chi connectivity index (χ2n) is 9.07. The third-order valence-corrected chi connectivity index (χ3v) is 6.74. The molecule has 0 bridgehead atoms. The van der Waals surface area contributed by atoms with E-state index in [-0.39, 0.29) is 5.56 Å². The number of aliphatic imine (C=N–C) groups is 1. The van der Waals surface area contributed by atoms with Gasteiger partial charge < -0.3 is 0 Å². The van der Waals surface area contributed by atoms with E-state index in [1.54, 1.807) is 0 Å². The number of hydrogen-bond donors (Lipinski definition) is 0. The Morgan fingerprint density at radius 2 is 1.85 bits per heavy atom. The summed E-state index contributed by atoms with van der Waals surface area (Å²) in [6.07, 6.45) is 4.56. The molecule has 4 heteroatoms. The van der Waals surface area contributed by atoms with Crippen molar-refractivity contribution in [2.24, 2.45) is 10.9 Å². The Hall–Kier alpha value is -3.12. The van der Waals surface area contributed by atoms with Crippen LogP contribution in [0.25, 0.3) is 11.1 Å². The Bertz CT molecular complexity index is 1360. The van der Waals surface area contributed by atoms with Crippen LogP contribution in [-0.4, -0.2) is 5.16 Å². The molecule has 0 N–H and O–H groups in total. The number of aryl methyl sites for hydroxylation is 2. The van der Waals surface area contributed by atoms with Crippen molar-refractivity contribution in [1.29, 1.82) is 0 Å². The fourth-order valence-corrected chi connectivity index (χ4v) is 4.99. The van der Waals surface area contributed by atoms with E-state index in [0.29, 0.717) is 17.9 Å². The van der Waals surface area contributed by atoms with Gasteiger partial charge in [0, 0.05) is 5.56 Å². The molecule has 0 heterocycles. The lowest BCUT2D eigenvalue weighted by Gasteiger charge is -2.25. The Morgan fingerprint density at radius 3 is 2.56 bits per heavy atom. The summed E-state index contributed by atoms with van der Waals surface area (Å²) in [5.41, 5.74) is 7.02. The summed E-state index contributed by atoms with van der Waals surface area (Å²) < 4.78 is 29.9. The fourth-order valence-electron chi connectivity index (χ4n) is 4.89. The van der Waals surface area contributed by atoms with Crippen molar-refractivity contribution >= 4 is 23.1 Å². The average Bonchev–Trinajstić information content (AvgIpc) is 2.80. The lowest BCUT2D eigenvalue weighted by atomic mass is 9.81. The van der Waals surface area contributed by atoms with Gasteiger partial charge in [0.1, 0.15) is 11.6 Å². The summed E-state index contributed by atoms with van der Waals surface area (Å²) in [7, 11) is 0. The zero-order valence-electron chi connectivity index (χ0n) is 19.8. The summed E-state index contributed by atoms with van der Waals surface area (Å²) in [6.45, 7) is 6.14. The minimum Gasteiger partial charge on any atom is -0.206 e. The number of thiocarbonyl (C=S) groups is 1. The first-order valence-electron chi connectivity index (χ1n) is 11.7. The summed E-state index contributed by atoms with van der Waals surface area (Å²) in [5, 5.41) is 2.40. The third kappa shape index (κ3) is 5.02. The van der Waals surface area contributed by atoms with Crippen LogP contribution in [0.1, 0.15) is 59.6 Å². The van der Waals surface area contributed by atoms with E-state index >= 15 is 4.39 Å². The molecule has 4 rings (SSSR count). The molecule has 3 aromatic carbocycles. The molecule has 0 saturated carbocycles. The van der Waals surface area contributed by atoms with Crippen LogP contribution in [0.4, 0.5) is 14.5 Å². The topological polar surface area (TPSA) is 12.4 Å². The minimum atomic E-state index is -0.566. The van der Waals surface area contributed by atoms with Crippen LogP contribution in [0.2, 0.25) is 0 Å². The number of isothiocyanates is 1. The van der Waals surface area contributed by atoms with Crippen molar-refractivity contribution in [3.8, 4) is 23.0 Å². The molecule has 0 radical (unpaired) electrons. The molecule has 0 saturated heterocycles. The maximum Gasteiger partial charge on any atom is 0.145 e. The highest BCUT2D eigenvalue weighted by Crippen LogP contribution is 2.33. The molecule has 1 nitrogen and oxygen atoms in total. The van der Waals surface area contributed by atoms with Crippen molar-refractivity contribution in [2.45, 2.75) is 52.9 Å². The molecule has 0 fully saturated rings. The van der Waals surface area contributed by atoms with Crippen LogP contribution in [0, 0.1) is 43.2 Å². The Kier molecular flexibility index (Phi) is 7.37. The minimum absolute atomic E-state index is 0.125. The first kappa shape index (κ1) is 24.0. The van der Waals surface area contributed by atoms with Crippen molar-refractivity contribution in [1.82, 2.24) is 0 Å². The van der Waals surface area contributed by atoms with Gasteiger partial charge in [0.05, 0.1) is 16.4 Å². The van der Waals surface area contributed by atoms with Crippen molar-refractivity contribution < 1.29 is 8.78 Å². The molecule has 0 aliphatic heterocycles. The largest absolute Gasteiger partial charge is 0.206 e. The second kappa shape index (κ2) is 10.4. The van der Waals surface area contributed by atoms with E-state index in [1.807, 2.05) is 44.2 Å². The summed E-state index contributed by atoms with van der Waals surface area (Å²) in [6, 6.07) is 13.3. The van der Waals surface area contributed by atoms with E-state index in [9.17, 15) is 4.39 Å². The molecule has 0 aromatic heterocycles. The molecule has 1 unspecified atom stereocenters. The van der Waals surface area contributed by atoms with Gasteiger partial charge in [0.2, 0.25) is 0 Å². The first-order chi connectivity index (χ1) is 16.4. The predicted octanol–water partition coefficient (Wildman–Crippen LogP) is 8.29. The number of fused-ring (bicyclic) bond motifs is 1. The quantitative estimate of drug-likeness (QED) is 0.212. The first-order valence-corrected chi connectivity index (χ1v) is 12.1. The normalized spacial score (nSPS) is 14.6. The van der Waals surface area contributed by atoms with Crippen LogP contribution < -0.4 is 0 Å². The van der Waals surface area contributed by atoms with E-state index in [0.717, 1.165) is 64.8 Å². The molecule has 172 valence electrons. The maximum atomic E-state index is 15.2. The standard InChI is InChI=1S/C30H27F2NS/c1-4-5-21-7-11-26-24(16-21)17-28(31)27(30(26)32)12-8-22-6-10-25(19(2)14-22)23-9-13-29(33-18-34)20(3)15-23/h6,9-10,13-15,17,21H,4-5,7,11,16H2,1-3H3. The molecular weight excluding hydrogens is 444 g/mol. The van der Waals surface area contributed by atoms with Crippen molar-refractivity contribution in [2.75, 3.05) is 0 Å². The molecule has 1 aliphatic carbocycles. The molecule has 0 amide bonds. The Labute approximate surface area is 206 Å². The van der Waals surface area contributed by atoms with Gasteiger partial charge in [-0.25, -0.2) is 8.78 Å². The van der Waals surface area contributed by atoms with Gasteiger partial charge in [0.15, 0.2) is 0 Å². The molecule has 1 aliphatic rings. The van der Waals surface area contributed by atoms with Gasteiger partial charge in [-0.3, -0.25) is 0 Å². The SMILES string of the molecule is CCCC1CCc2c(cc(F)c(C#Cc3ccc(-c4ccc(N=C=S)c(C)c4)c(C)c3)c2F)C1. The Morgan fingerprint density at radius 1 is 1.03 bits per heavy atom. The lowest BCUT2D eigenvalue weighted by molar-refractivity contribution is 0.411. The van der Waals surface area contributed by atoms with Crippen LogP contribution >= 0.6 is 12.2 Å². The summed E-state index contributed by atoms with van der Waals surface area (Å²) >= 11 is 4.70. The maximum absolute atomic E-state index is 15.2. The average molecular weight is 472 g/mol. The van der Waals surface area contributed by atoms with E-state index < -0.39 is 11.6 Å². The summed E-state index contributed by atoms with van der Waals surface area (Å²) in [5.74, 6) is 5.21. The number of rotatable bonds is 4. The van der Waals surface area contributed by atoms with Crippen LogP contribution in [0.3, 0.4) is 0 Å². The second-order valence-corrected chi connectivity index (χ2v) is 9.25. The van der Waals surface area contributed by atoms with Crippen molar-refractivity contribution in [3.63, 3.8) is 0 Å². The van der Waals surface area contributed by atoms with Gasteiger partial charge in [-0.05, 0) is 115 Å². The Balaban J connectivity index is 1.61. The molecular formula is C30H27F2NS. The molecule has 3 aromatic rings. The van der Waals surface area contributed by atoms with Gasteiger partial charge in [-0.1, -0.05) is 43.7 Å². The smallest absolute Gasteiger partial charge is 0.145 e. The van der Waals surface area contributed by atoms with Crippen LogP contribution in [0.15, 0.2) is 47.5 Å². The highest BCUT2D eigenvalue weighted by Gasteiger charge is 2.24. The van der Waals surface area contributed by atoms with Gasteiger partial charge in [-0.2, -0.15) is 4.99 Å². The van der Waals surface area contributed by atoms with Crippen molar-refractivity contribution in [3.05, 3.63) is 87.5 Å². The van der Waals surface area contributed by atoms with E-state index in [4.69, 9.17) is 12.2 Å². The molecule has 1 atom stereocenters. The monoisotopic (exact) mass is 471 g/mol. The van der Waals surface area contributed by atoms with Crippen LogP contribution in [-0.2, 0) is 12.8 Å². The highest BCUT2D eigenvalue weighted by molar-refractivity contribution is 7.78. The van der Waals surface area contributed by atoms with Gasteiger partial charge >= 0.3 is 0 Å². The van der Waals surface area contributed by atoms with E-state index in [2.05, 4.69) is 35.0 Å². The fraction of sp³-hybridized carbons (Fsp3) is 0.300. The van der Waals surface area contributed by atoms with Crippen LogP contribution in [0.5, 0.6) is 0 Å². The highest BCUT2D eigenvalue weighted by atomic mass is 32.1. The number of benzene rings is 3. The number of nitrogens with zero attached hydrogens (tertiary/aromatic N) is 1. The predicted molar refractivity (Wildman–Crippen MR) is 139 cm³/mol. The molecule has 0 spiro atoms. The summed E-state index contributed by atoms with van der Waals surface area (Å²) in [4.78, 5) is 4.07. The van der Waals surface area contributed by atoms with Gasteiger partial charge in [-0.15, -0.1) is 0 Å². The van der Waals surface area contributed by atoms with Gasteiger partial charge in [0.25, 0.3) is 0 Å². The lowest BCUT2D eigenvalue weighted by Crippen LogP contribution is -2.17. The third-order valence-electron chi connectivity index (χ3n) is 6.65. The molecule has 34 heavy (non-hydrogen) atoms.